The van der Waals surface area contributed by atoms with Crippen LogP contribution in [0.5, 0.6) is 0 Å². The second-order valence-electron chi connectivity index (χ2n) is 16.3. The Hall–Kier alpha value is -2.60. The van der Waals surface area contributed by atoms with Crippen molar-refractivity contribution in [2.45, 2.75) is 198 Å². The molecule has 0 bridgehead atoms. The number of esters is 2. The van der Waals surface area contributed by atoms with Crippen molar-refractivity contribution in [1.82, 2.24) is 0 Å². The van der Waals surface area contributed by atoms with Crippen molar-refractivity contribution in [2.75, 3.05) is 13.2 Å². The predicted octanol–water partition coefficient (Wildman–Crippen LogP) is 7.81. The number of carbonyl (C=O) groups excluding carboxylic acids is 2. The molecule has 0 aromatic rings. The topological polar surface area (TPSA) is 276 Å². The summed E-state index contributed by atoms with van der Waals surface area (Å²) in [7, 11) is -10.7. The highest BCUT2D eigenvalue weighted by molar-refractivity contribution is 7.47. The largest absolute Gasteiger partial charge is 0.472 e. The fourth-order valence-electron chi connectivity index (χ4n) is 6.66. The van der Waals surface area contributed by atoms with Crippen LogP contribution in [-0.2, 0) is 41.8 Å². The van der Waals surface area contributed by atoms with E-state index in [1.54, 1.807) is 6.08 Å². The van der Waals surface area contributed by atoms with Gasteiger partial charge in [0.1, 0.15) is 43.2 Å². The van der Waals surface area contributed by atoms with Crippen LogP contribution in [0.3, 0.4) is 0 Å². The third-order valence-electron chi connectivity index (χ3n) is 10.4. The number of phosphoric acid groups is 2. The van der Waals surface area contributed by atoms with Crippen LogP contribution in [-0.4, -0.2) is 114 Å². The number of carbonyl (C=O) groups is 2. The van der Waals surface area contributed by atoms with E-state index in [0.717, 1.165) is 51.4 Å². The minimum atomic E-state index is -5.38. The van der Waals surface area contributed by atoms with E-state index < -0.39 is 89.6 Å². The summed E-state index contributed by atoms with van der Waals surface area (Å²) in [6.45, 7) is 2.64. The molecule has 1 saturated carbocycles. The van der Waals surface area contributed by atoms with Gasteiger partial charge in [-0.1, -0.05) is 145 Å². The van der Waals surface area contributed by atoms with E-state index in [-0.39, 0.29) is 12.8 Å². The van der Waals surface area contributed by atoms with E-state index in [2.05, 4.69) is 35.8 Å². The van der Waals surface area contributed by atoms with E-state index >= 15 is 0 Å². The van der Waals surface area contributed by atoms with Gasteiger partial charge in [0, 0.05) is 12.8 Å². The second-order valence-corrected chi connectivity index (χ2v) is 18.9. The molecule has 0 radical (unpaired) electrons. The maximum atomic E-state index is 13.0. The van der Waals surface area contributed by atoms with E-state index in [1.807, 2.05) is 49.5 Å². The normalized spacial score (nSPS) is 22.6. The van der Waals surface area contributed by atoms with Gasteiger partial charge < -0.3 is 49.7 Å². The Morgan fingerprint density at radius 2 is 1.06 bits per heavy atom. The number of hydrogen-bond acceptors (Lipinski definition) is 14. The summed E-state index contributed by atoms with van der Waals surface area (Å²) in [5, 5.41) is 50.7. The Morgan fingerprint density at radius 1 is 0.561 bits per heavy atom. The Kier molecular flexibility index (Phi) is 34.7. The molecule has 8 N–H and O–H groups in total. The highest BCUT2D eigenvalue weighted by atomic mass is 31.2. The van der Waals surface area contributed by atoms with E-state index in [4.69, 9.17) is 18.5 Å². The van der Waals surface area contributed by atoms with Crippen LogP contribution in [0.1, 0.15) is 149 Å². The molecule has 5 unspecified atom stereocenters. The molecule has 19 heteroatoms. The molecule has 0 spiro atoms. The minimum absolute atomic E-state index is 0.0509. The summed E-state index contributed by atoms with van der Waals surface area (Å²) < 4.78 is 49.3. The quantitative estimate of drug-likeness (QED) is 0.00963. The zero-order chi connectivity index (χ0) is 49.1. The molecule has 0 heterocycles. The first-order valence-electron chi connectivity index (χ1n) is 23.6. The number of ether oxygens (including phenoxy) is 2. The fraction of sp³-hybridized carbons (Fsp3) is 0.702. The Morgan fingerprint density at radius 3 is 1.64 bits per heavy atom. The van der Waals surface area contributed by atoms with Crippen molar-refractivity contribution in [3.63, 3.8) is 0 Å². The molecule has 0 aromatic heterocycles. The van der Waals surface area contributed by atoms with Gasteiger partial charge in [-0.3, -0.25) is 23.2 Å². The molecule has 0 aliphatic heterocycles. The lowest BCUT2D eigenvalue weighted by atomic mass is 9.85. The van der Waals surface area contributed by atoms with Crippen LogP contribution in [0, 0.1) is 0 Å². The molecule has 0 amide bonds. The molecule has 0 aromatic carbocycles. The lowest BCUT2D eigenvalue weighted by molar-refractivity contribution is -0.216. The standard InChI is InChI=1S/C47H80O17P2/c1-3-5-6-7-8-9-10-11-12-16-19-22-25-28-31-34-40(49)60-36-39(37-61-66(58,59)64-47-44(53)42(51)43(52)46(45(47)54)63-65(55,56)57)62-41(50)35-32-29-26-23-20-17-14-13-15-18-21-24-27-30-33-38(48)4-2/h5-6,14-15,17-18,23-24,26-27,30,33,38-39,42-48,51-54H,3-4,7-13,16,19-22,25,28-29,31-32,34-37H2,1-2H3,(H,58,59)(H2,55,56,57)/b6-5-,17-14-,18-15-,26-23-,27-24-,33-30+/t38-,39-,42?,43?,44?,45?,46-,47+/m1/s1. The second kappa shape index (κ2) is 37.3. The molecule has 1 rings (SSSR count). The van der Waals surface area contributed by atoms with Crippen LogP contribution in [0.2, 0.25) is 0 Å². The maximum absolute atomic E-state index is 13.0. The average molecular weight is 979 g/mol. The molecule has 1 fully saturated rings. The highest BCUT2D eigenvalue weighted by Crippen LogP contribution is 2.49. The zero-order valence-electron chi connectivity index (χ0n) is 39.0. The maximum Gasteiger partial charge on any atom is 0.472 e. The summed E-state index contributed by atoms with van der Waals surface area (Å²) >= 11 is 0. The predicted molar refractivity (Wildman–Crippen MR) is 252 cm³/mol. The van der Waals surface area contributed by atoms with Crippen molar-refractivity contribution in [3.8, 4) is 0 Å². The van der Waals surface area contributed by atoms with Crippen LogP contribution >= 0.6 is 15.6 Å². The van der Waals surface area contributed by atoms with E-state index in [9.17, 15) is 58.9 Å². The first kappa shape index (κ1) is 61.4. The van der Waals surface area contributed by atoms with Gasteiger partial charge in [-0.25, -0.2) is 9.13 Å². The van der Waals surface area contributed by atoms with Gasteiger partial charge in [-0.2, -0.15) is 0 Å². The molecule has 380 valence electrons. The lowest BCUT2D eigenvalue weighted by Gasteiger charge is -2.43. The van der Waals surface area contributed by atoms with Gasteiger partial charge in [0.15, 0.2) is 6.10 Å². The molecule has 66 heavy (non-hydrogen) atoms. The molecule has 9 atom stereocenters. The first-order chi connectivity index (χ1) is 31.5. The number of aliphatic hydroxyl groups is 5. The Bertz CT molecular complexity index is 1570. The highest BCUT2D eigenvalue weighted by Gasteiger charge is 2.54. The molecular weight excluding hydrogens is 898 g/mol. The number of allylic oxidation sites excluding steroid dienone is 11. The molecule has 17 nitrogen and oxygen atoms in total. The molecule has 0 saturated heterocycles. The number of hydrogen-bond donors (Lipinski definition) is 8. The summed E-state index contributed by atoms with van der Waals surface area (Å²) in [5.41, 5.74) is 0. The Balaban J connectivity index is 2.64. The number of aliphatic hydroxyl groups excluding tert-OH is 5. The van der Waals surface area contributed by atoms with Crippen molar-refractivity contribution in [1.29, 1.82) is 0 Å². The van der Waals surface area contributed by atoms with Gasteiger partial charge in [-0.05, 0) is 64.2 Å². The van der Waals surface area contributed by atoms with E-state index in [0.29, 0.717) is 32.1 Å². The summed E-state index contributed by atoms with van der Waals surface area (Å²) in [4.78, 5) is 54.2. The number of phosphoric ester groups is 2. The fourth-order valence-corrected chi connectivity index (χ4v) is 8.20. The van der Waals surface area contributed by atoms with Gasteiger partial charge >= 0.3 is 27.6 Å². The summed E-state index contributed by atoms with van der Waals surface area (Å²) in [6.07, 6.45) is 26.7. The van der Waals surface area contributed by atoms with Crippen molar-refractivity contribution < 1.29 is 82.0 Å². The van der Waals surface area contributed by atoms with Crippen LogP contribution < -0.4 is 0 Å². The van der Waals surface area contributed by atoms with Gasteiger partial charge in [0.2, 0.25) is 0 Å². The number of unbranched alkanes of at least 4 members (excludes halogenated alkanes) is 12. The SMILES string of the molecule is CC/C=C\CCCCCCCCCCCCCC(=O)OC[C@H](COP(=O)(O)O[C@H]1C(O)C(O)C(O)[C@@H](OP(=O)(O)O)C1O)OC(=O)CCC/C=C\C/C=C\C/C=C\C/C=C\C=C\[C@H](O)CC. The third kappa shape index (κ3) is 31.4. The Labute approximate surface area is 392 Å². The molecular formula is C47H80O17P2. The lowest BCUT2D eigenvalue weighted by Crippen LogP contribution is -2.64. The minimum Gasteiger partial charge on any atom is -0.462 e. The van der Waals surface area contributed by atoms with Gasteiger partial charge in [-0.15, -0.1) is 0 Å². The smallest absolute Gasteiger partial charge is 0.462 e. The van der Waals surface area contributed by atoms with Crippen LogP contribution in [0.25, 0.3) is 0 Å². The van der Waals surface area contributed by atoms with Crippen molar-refractivity contribution in [2.24, 2.45) is 0 Å². The number of rotatable bonds is 38. The van der Waals surface area contributed by atoms with Crippen molar-refractivity contribution in [3.05, 3.63) is 72.9 Å². The zero-order valence-corrected chi connectivity index (χ0v) is 40.7. The summed E-state index contributed by atoms with van der Waals surface area (Å²) in [5.74, 6) is -1.30. The van der Waals surface area contributed by atoms with Crippen LogP contribution in [0.4, 0.5) is 0 Å². The van der Waals surface area contributed by atoms with E-state index in [1.165, 1.54) is 38.5 Å². The molecule has 1 aliphatic carbocycles. The third-order valence-corrected chi connectivity index (χ3v) is 11.9. The average Bonchev–Trinajstić information content (AvgIpc) is 3.27. The van der Waals surface area contributed by atoms with Gasteiger partial charge in [0.05, 0.1) is 12.7 Å². The monoisotopic (exact) mass is 978 g/mol. The first-order valence-corrected chi connectivity index (χ1v) is 26.6. The van der Waals surface area contributed by atoms with Gasteiger partial charge in [0.25, 0.3) is 0 Å². The summed E-state index contributed by atoms with van der Waals surface area (Å²) in [6, 6.07) is 0. The van der Waals surface area contributed by atoms with Crippen LogP contribution in [0.15, 0.2) is 72.9 Å². The molecule has 1 aliphatic rings. The van der Waals surface area contributed by atoms with Crippen molar-refractivity contribution >= 4 is 27.6 Å².